The molecular weight excluding hydrogens is 448 g/mol. The van der Waals surface area contributed by atoms with Gasteiger partial charge in [-0.25, -0.2) is 13.1 Å². The molecule has 1 aromatic heterocycles. The summed E-state index contributed by atoms with van der Waals surface area (Å²) in [5.41, 5.74) is 2.10. The van der Waals surface area contributed by atoms with Gasteiger partial charge in [0.1, 0.15) is 5.69 Å². The number of ether oxygens (including phenoxy) is 1. The molecule has 0 radical (unpaired) electrons. The van der Waals surface area contributed by atoms with E-state index in [1.54, 1.807) is 6.07 Å². The van der Waals surface area contributed by atoms with Gasteiger partial charge in [0.25, 0.3) is 0 Å². The minimum atomic E-state index is -3.68. The third kappa shape index (κ3) is 4.94. The van der Waals surface area contributed by atoms with Crippen molar-refractivity contribution in [3.63, 3.8) is 0 Å². The largest absolute Gasteiger partial charge is 0.377 e. The Bertz CT molecular complexity index is 1270. The fraction of sp³-hybridized carbons (Fsp3) is 0.462. The van der Waals surface area contributed by atoms with Crippen molar-refractivity contribution >= 4 is 26.6 Å². The van der Waals surface area contributed by atoms with Gasteiger partial charge in [-0.05, 0) is 44.2 Å². The van der Waals surface area contributed by atoms with Crippen molar-refractivity contribution in [1.82, 2.24) is 14.9 Å². The van der Waals surface area contributed by atoms with Gasteiger partial charge >= 0.3 is 0 Å². The lowest BCUT2D eigenvalue weighted by molar-refractivity contribution is 0.114. The summed E-state index contributed by atoms with van der Waals surface area (Å²) in [5.74, 6) is 0.796. The third-order valence-corrected chi connectivity index (χ3v) is 8.47. The molecule has 1 saturated carbocycles. The maximum Gasteiger partial charge on any atom is 0.240 e. The summed E-state index contributed by atoms with van der Waals surface area (Å²) in [6.45, 7) is 2.79. The Balaban J connectivity index is 1.47. The number of anilines is 1. The van der Waals surface area contributed by atoms with Gasteiger partial charge in [-0.15, -0.1) is 10.2 Å². The van der Waals surface area contributed by atoms with E-state index in [1.165, 1.54) is 19.3 Å². The fourth-order valence-corrected chi connectivity index (χ4v) is 6.32. The van der Waals surface area contributed by atoms with Crippen LogP contribution in [0, 0.1) is 6.92 Å². The number of benzene rings is 2. The summed E-state index contributed by atoms with van der Waals surface area (Å²) in [6.07, 6.45) is 7.86. The highest BCUT2D eigenvalue weighted by Crippen LogP contribution is 2.33. The molecule has 1 unspecified atom stereocenters. The molecule has 0 bridgehead atoms. The molecule has 2 aliphatic rings. The summed E-state index contributed by atoms with van der Waals surface area (Å²) in [5, 5.41) is 14.6. The van der Waals surface area contributed by atoms with Crippen molar-refractivity contribution in [2.45, 2.75) is 68.9 Å². The van der Waals surface area contributed by atoms with E-state index in [4.69, 9.17) is 4.74 Å². The second kappa shape index (κ2) is 9.98. The average molecular weight is 481 g/mol. The SMILES string of the molecule is Cc1ccc(-c2nnc(NC3CCCCC3)c3ccccc23)cc1S(=O)(=O)NCC1CCCO1. The molecule has 34 heavy (non-hydrogen) atoms. The van der Waals surface area contributed by atoms with E-state index in [9.17, 15) is 8.42 Å². The van der Waals surface area contributed by atoms with Crippen LogP contribution in [0.4, 0.5) is 5.82 Å². The molecule has 2 fully saturated rings. The van der Waals surface area contributed by atoms with Gasteiger partial charge < -0.3 is 10.1 Å². The number of hydrogen-bond donors (Lipinski definition) is 2. The van der Waals surface area contributed by atoms with Crippen LogP contribution in [-0.2, 0) is 14.8 Å². The maximum atomic E-state index is 13.1. The van der Waals surface area contributed by atoms with Crippen LogP contribution in [0.15, 0.2) is 47.4 Å². The highest BCUT2D eigenvalue weighted by Gasteiger charge is 2.23. The van der Waals surface area contributed by atoms with Gasteiger partial charge in [0, 0.05) is 35.5 Å². The summed E-state index contributed by atoms with van der Waals surface area (Å²) >= 11 is 0. The van der Waals surface area contributed by atoms with E-state index < -0.39 is 10.0 Å². The lowest BCUT2D eigenvalue weighted by atomic mass is 9.95. The van der Waals surface area contributed by atoms with Crippen LogP contribution in [-0.4, -0.2) is 43.9 Å². The zero-order chi connectivity index (χ0) is 23.5. The predicted octanol–water partition coefficient (Wildman–Crippen LogP) is 4.81. The molecule has 180 valence electrons. The van der Waals surface area contributed by atoms with Crippen LogP contribution in [0.25, 0.3) is 22.0 Å². The zero-order valence-electron chi connectivity index (χ0n) is 19.6. The second-order valence-electron chi connectivity index (χ2n) is 9.39. The molecule has 2 N–H and O–H groups in total. The number of aromatic nitrogens is 2. The molecule has 1 atom stereocenters. The molecule has 5 rings (SSSR count). The van der Waals surface area contributed by atoms with Gasteiger partial charge in [-0.2, -0.15) is 0 Å². The van der Waals surface area contributed by atoms with Crippen LogP contribution >= 0.6 is 0 Å². The summed E-state index contributed by atoms with van der Waals surface area (Å²) < 4.78 is 34.5. The van der Waals surface area contributed by atoms with Gasteiger partial charge in [0.2, 0.25) is 10.0 Å². The Labute approximate surface area is 201 Å². The first kappa shape index (κ1) is 23.2. The quantitative estimate of drug-likeness (QED) is 0.504. The van der Waals surface area contributed by atoms with Gasteiger partial charge in [0.15, 0.2) is 5.82 Å². The van der Waals surface area contributed by atoms with Crippen molar-refractivity contribution in [2.75, 3.05) is 18.5 Å². The number of hydrogen-bond acceptors (Lipinski definition) is 6. The van der Waals surface area contributed by atoms with Crippen molar-refractivity contribution in [1.29, 1.82) is 0 Å². The first-order valence-electron chi connectivity index (χ1n) is 12.3. The monoisotopic (exact) mass is 480 g/mol. The Hall–Kier alpha value is -2.55. The molecule has 1 aliphatic heterocycles. The van der Waals surface area contributed by atoms with E-state index >= 15 is 0 Å². The molecule has 7 nitrogen and oxygen atoms in total. The van der Waals surface area contributed by atoms with Gasteiger partial charge in [-0.1, -0.05) is 55.7 Å². The van der Waals surface area contributed by atoms with Crippen LogP contribution < -0.4 is 10.0 Å². The van der Waals surface area contributed by atoms with E-state index in [1.807, 2.05) is 43.3 Å². The number of fused-ring (bicyclic) bond motifs is 1. The molecule has 2 heterocycles. The van der Waals surface area contributed by atoms with E-state index in [0.29, 0.717) is 23.9 Å². The van der Waals surface area contributed by atoms with Crippen LogP contribution in [0.5, 0.6) is 0 Å². The topological polar surface area (TPSA) is 93.2 Å². The van der Waals surface area contributed by atoms with Crippen molar-refractivity contribution in [3.05, 3.63) is 48.0 Å². The Kier molecular flexibility index (Phi) is 6.81. The van der Waals surface area contributed by atoms with E-state index in [-0.39, 0.29) is 17.5 Å². The first-order valence-corrected chi connectivity index (χ1v) is 13.7. The minimum absolute atomic E-state index is 0.0581. The van der Waals surface area contributed by atoms with Gasteiger partial charge in [0.05, 0.1) is 11.0 Å². The smallest absolute Gasteiger partial charge is 0.240 e. The maximum absolute atomic E-state index is 13.1. The molecule has 1 saturated heterocycles. The second-order valence-corrected chi connectivity index (χ2v) is 11.1. The highest BCUT2D eigenvalue weighted by molar-refractivity contribution is 7.89. The first-order chi connectivity index (χ1) is 16.5. The molecule has 8 heteroatoms. The number of nitrogens with one attached hydrogen (secondary N) is 2. The molecule has 0 amide bonds. The third-order valence-electron chi connectivity index (χ3n) is 6.91. The molecule has 2 aromatic carbocycles. The lowest BCUT2D eigenvalue weighted by Crippen LogP contribution is -2.32. The minimum Gasteiger partial charge on any atom is -0.377 e. The predicted molar refractivity (Wildman–Crippen MR) is 134 cm³/mol. The highest BCUT2D eigenvalue weighted by atomic mass is 32.2. The number of sulfonamides is 1. The molecule has 3 aromatic rings. The van der Waals surface area contributed by atoms with E-state index in [2.05, 4.69) is 20.2 Å². The van der Waals surface area contributed by atoms with E-state index in [0.717, 1.165) is 47.8 Å². The van der Waals surface area contributed by atoms with Crippen LogP contribution in [0.2, 0.25) is 0 Å². The lowest BCUT2D eigenvalue weighted by Gasteiger charge is -2.24. The van der Waals surface area contributed by atoms with Crippen molar-refractivity contribution in [3.8, 4) is 11.3 Å². The number of rotatable bonds is 7. The summed E-state index contributed by atoms with van der Waals surface area (Å²) in [4.78, 5) is 0.262. The summed E-state index contributed by atoms with van der Waals surface area (Å²) in [7, 11) is -3.68. The van der Waals surface area contributed by atoms with Crippen molar-refractivity contribution in [2.24, 2.45) is 0 Å². The number of aryl methyl sites for hydroxylation is 1. The summed E-state index contributed by atoms with van der Waals surface area (Å²) in [6, 6.07) is 13.9. The van der Waals surface area contributed by atoms with Crippen molar-refractivity contribution < 1.29 is 13.2 Å². The Morgan fingerprint density at radius 3 is 2.53 bits per heavy atom. The Morgan fingerprint density at radius 2 is 1.76 bits per heavy atom. The standard InChI is InChI=1S/C26H32N4O3S/c1-18-13-14-19(16-24(18)34(31,32)27-17-21-10-7-15-33-21)25-22-11-5-6-12-23(22)26(30-29-25)28-20-8-3-2-4-9-20/h5-6,11-14,16,20-21,27H,2-4,7-10,15,17H2,1H3,(H,28,30). The number of nitrogens with zero attached hydrogens (tertiary/aromatic N) is 2. The van der Waals surface area contributed by atoms with Crippen LogP contribution in [0.3, 0.4) is 0 Å². The normalized spacial score (nSPS) is 19.5. The Morgan fingerprint density at radius 1 is 0.971 bits per heavy atom. The molecule has 1 aliphatic carbocycles. The zero-order valence-corrected chi connectivity index (χ0v) is 20.4. The van der Waals surface area contributed by atoms with Crippen LogP contribution in [0.1, 0.15) is 50.5 Å². The van der Waals surface area contributed by atoms with Gasteiger partial charge in [-0.3, -0.25) is 0 Å². The average Bonchev–Trinajstić information content (AvgIpc) is 3.38. The molecular formula is C26H32N4O3S. The molecule has 0 spiro atoms. The fourth-order valence-electron chi connectivity index (χ4n) is 4.99.